The van der Waals surface area contributed by atoms with Crippen molar-refractivity contribution in [2.45, 2.75) is 55.4 Å². The van der Waals surface area contributed by atoms with Crippen molar-refractivity contribution in [1.82, 2.24) is 5.32 Å². The van der Waals surface area contributed by atoms with Crippen LogP contribution in [0.2, 0.25) is 5.02 Å². The van der Waals surface area contributed by atoms with Crippen LogP contribution in [0.15, 0.2) is 47.4 Å². The summed E-state index contributed by atoms with van der Waals surface area (Å²) in [5.41, 5.74) is 0.600. The van der Waals surface area contributed by atoms with Gasteiger partial charge in [-0.3, -0.25) is 4.79 Å². The van der Waals surface area contributed by atoms with E-state index in [0.717, 1.165) is 28.4 Å². The average molecular weight is 420 g/mol. The van der Waals surface area contributed by atoms with Crippen molar-refractivity contribution >= 4 is 29.3 Å². The largest absolute Gasteiger partial charge is 0.497 e. The van der Waals surface area contributed by atoms with Crippen molar-refractivity contribution in [3.8, 4) is 11.5 Å². The molecule has 1 N–H and O–H groups in total. The molecule has 28 heavy (non-hydrogen) atoms. The van der Waals surface area contributed by atoms with Gasteiger partial charge in [0.05, 0.1) is 18.4 Å². The fourth-order valence-electron chi connectivity index (χ4n) is 3.35. The molecule has 2 unspecified atom stereocenters. The van der Waals surface area contributed by atoms with Gasteiger partial charge in [0.2, 0.25) is 5.91 Å². The monoisotopic (exact) mass is 419 g/mol. The molecule has 1 aliphatic rings. The Kier molecular flexibility index (Phi) is 6.46. The third-order valence-electron chi connectivity index (χ3n) is 4.75. The summed E-state index contributed by atoms with van der Waals surface area (Å²) in [6.45, 7) is 6.11. The molecule has 150 valence electrons. The van der Waals surface area contributed by atoms with Crippen LogP contribution in [0.25, 0.3) is 0 Å². The third-order valence-corrected chi connectivity index (χ3v) is 6.37. The van der Waals surface area contributed by atoms with Crippen molar-refractivity contribution in [2.75, 3.05) is 7.11 Å². The molecule has 2 aromatic rings. The van der Waals surface area contributed by atoms with Crippen LogP contribution in [0, 0.1) is 0 Å². The molecule has 0 aromatic heterocycles. The SMILES string of the molecule is CCC(Sc1ccc(Cl)cc1)C(=O)NC1CC(C)(C)Oc2ccc(OC)cc21. The van der Waals surface area contributed by atoms with Crippen molar-refractivity contribution < 1.29 is 14.3 Å². The fourth-order valence-corrected chi connectivity index (χ4v) is 4.44. The summed E-state index contributed by atoms with van der Waals surface area (Å²) in [5.74, 6) is 1.57. The van der Waals surface area contributed by atoms with E-state index in [4.69, 9.17) is 21.1 Å². The first-order valence-electron chi connectivity index (χ1n) is 9.41. The summed E-state index contributed by atoms with van der Waals surface area (Å²) in [4.78, 5) is 14.1. The molecule has 0 aliphatic carbocycles. The Bertz CT molecular complexity index is 838. The van der Waals surface area contributed by atoms with Gasteiger partial charge in [0.1, 0.15) is 17.1 Å². The highest BCUT2D eigenvalue weighted by Crippen LogP contribution is 2.41. The Hall–Kier alpha value is -1.85. The number of hydrogen-bond acceptors (Lipinski definition) is 4. The Morgan fingerprint density at radius 3 is 2.68 bits per heavy atom. The molecule has 3 rings (SSSR count). The zero-order chi connectivity index (χ0) is 20.3. The maximum absolute atomic E-state index is 13.1. The van der Waals surface area contributed by atoms with E-state index in [9.17, 15) is 4.79 Å². The van der Waals surface area contributed by atoms with E-state index in [-0.39, 0.29) is 22.8 Å². The maximum Gasteiger partial charge on any atom is 0.233 e. The zero-order valence-electron chi connectivity index (χ0n) is 16.6. The summed E-state index contributed by atoms with van der Waals surface area (Å²) in [6, 6.07) is 13.2. The topological polar surface area (TPSA) is 47.6 Å². The first kappa shape index (κ1) is 20.9. The summed E-state index contributed by atoms with van der Waals surface area (Å²) in [5, 5.41) is 3.76. The molecule has 0 radical (unpaired) electrons. The van der Waals surface area contributed by atoms with E-state index < -0.39 is 0 Å². The molecule has 2 atom stereocenters. The van der Waals surface area contributed by atoms with Crippen LogP contribution in [0.3, 0.4) is 0 Å². The van der Waals surface area contributed by atoms with Gasteiger partial charge >= 0.3 is 0 Å². The molecule has 0 spiro atoms. The van der Waals surface area contributed by atoms with Gasteiger partial charge in [-0.2, -0.15) is 0 Å². The molecule has 6 heteroatoms. The van der Waals surface area contributed by atoms with E-state index in [1.165, 1.54) is 0 Å². The van der Waals surface area contributed by atoms with Crippen LogP contribution in [0.1, 0.15) is 45.2 Å². The first-order valence-corrected chi connectivity index (χ1v) is 10.7. The molecule has 1 heterocycles. The Morgan fingerprint density at radius 1 is 1.32 bits per heavy atom. The van der Waals surface area contributed by atoms with Gasteiger partial charge < -0.3 is 14.8 Å². The highest BCUT2D eigenvalue weighted by molar-refractivity contribution is 8.00. The van der Waals surface area contributed by atoms with Crippen LogP contribution in [-0.2, 0) is 4.79 Å². The van der Waals surface area contributed by atoms with Crippen LogP contribution < -0.4 is 14.8 Å². The summed E-state index contributed by atoms with van der Waals surface area (Å²) < 4.78 is 11.5. The maximum atomic E-state index is 13.1. The second-order valence-corrected chi connectivity index (χ2v) is 9.21. The first-order chi connectivity index (χ1) is 13.3. The van der Waals surface area contributed by atoms with Gasteiger partial charge in [-0.15, -0.1) is 11.8 Å². The molecule has 1 aliphatic heterocycles. The van der Waals surface area contributed by atoms with E-state index in [2.05, 4.69) is 5.32 Å². The average Bonchev–Trinajstić information content (AvgIpc) is 2.66. The quantitative estimate of drug-likeness (QED) is 0.615. The van der Waals surface area contributed by atoms with Crippen molar-refractivity contribution in [2.24, 2.45) is 0 Å². The molecule has 0 saturated carbocycles. The van der Waals surface area contributed by atoms with Crippen LogP contribution in [-0.4, -0.2) is 23.9 Å². The second-order valence-electron chi connectivity index (χ2n) is 7.50. The number of methoxy groups -OCH3 is 1. The minimum absolute atomic E-state index is 0.0268. The van der Waals surface area contributed by atoms with Crippen LogP contribution in [0.4, 0.5) is 0 Å². The molecule has 2 aromatic carbocycles. The lowest BCUT2D eigenvalue weighted by Crippen LogP contribution is -2.43. The van der Waals surface area contributed by atoms with Gasteiger partial charge in [-0.05, 0) is 62.7 Å². The number of fused-ring (bicyclic) bond motifs is 1. The van der Waals surface area contributed by atoms with Crippen molar-refractivity contribution in [3.05, 3.63) is 53.1 Å². The standard InChI is InChI=1S/C22H26ClNO3S/c1-5-20(28-16-9-6-14(23)7-10-16)21(25)24-18-13-22(2,3)27-19-11-8-15(26-4)12-17(18)19/h6-12,18,20H,5,13H2,1-4H3,(H,24,25). The number of benzene rings is 2. The summed E-state index contributed by atoms with van der Waals surface area (Å²) >= 11 is 7.52. The molecular weight excluding hydrogens is 394 g/mol. The van der Waals surface area contributed by atoms with Gasteiger partial charge in [0, 0.05) is 21.9 Å². The van der Waals surface area contributed by atoms with Gasteiger partial charge in [-0.25, -0.2) is 0 Å². The molecule has 0 bridgehead atoms. The second kappa shape index (κ2) is 8.66. The van der Waals surface area contributed by atoms with E-state index in [1.807, 2.05) is 63.2 Å². The van der Waals surface area contributed by atoms with Crippen molar-refractivity contribution in [3.63, 3.8) is 0 Å². The number of carbonyl (C=O) groups is 1. The number of hydrogen-bond donors (Lipinski definition) is 1. The Labute approximate surface area is 175 Å². The minimum atomic E-state index is -0.357. The number of carbonyl (C=O) groups excluding carboxylic acids is 1. The molecule has 1 amide bonds. The number of nitrogens with one attached hydrogen (secondary N) is 1. The highest BCUT2D eigenvalue weighted by Gasteiger charge is 2.35. The van der Waals surface area contributed by atoms with Gasteiger partial charge in [0.15, 0.2) is 0 Å². The van der Waals surface area contributed by atoms with E-state index in [1.54, 1.807) is 18.9 Å². The number of rotatable bonds is 6. The predicted octanol–water partition coefficient (Wildman–Crippen LogP) is 5.64. The Balaban J connectivity index is 1.79. The van der Waals surface area contributed by atoms with E-state index >= 15 is 0 Å². The van der Waals surface area contributed by atoms with E-state index in [0.29, 0.717) is 11.4 Å². The lowest BCUT2D eigenvalue weighted by atomic mass is 9.89. The number of thioether (sulfide) groups is 1. The molecule has 0 fully saturated rings. The number of halogens is 1. The third kappa shape index (κ3) is 4.95. The normalized spacial score (nSPS) is 18.5. The smallest absolute Gasteiger partial charge is 0.233 e. The zero-order valence-corrected chi connectivity index (χ0v) is 18.2. The number of amides is 1. The molecular formula is C22H26ClNO3S. The lowest BCUT2D eigenvalue weighted by molar-refractivity contribution is -0.121. The summed E-state index contributed by atoms with van der Waals surface area (Å²) in [6.07, 6.45) is 1.43. The minimum Gasteiger partial charge on any atom is -0.497 e. The van der Waals surface area contributed by atoms with Gasteiger partial charge in [-0.1, -0.05) is 18.5 Å². The van der Waals surface area contributed by atoms with Gasteiger partial charge in [0.25, 0.3) is 0 Å². The predicted molar refractivity (Wildman–Crippen MR) is 115 cm³/mol. The van der Waals surface area contributed by atoms with Crippen LogP contribution >= 0.6 is 23.4 Å². The number of ether oxygens (including phenoxy) is 2. The Morgan fingerprint density at radius 2 is 2.04 bits per heavy atom. The van der Waals surface area contributed by atoms with Crippen molar-refractivity contribution in [1.29, 1.82) is 0 Å². The molecule has 0 saturated heterocycles. The highest BCUT2D eigenvalue weighted by atomic mass is 35.5. The van der Waals surface area contributed by atoms with Crippen LogP contribution in [0.5, 0.6) is 11.5 Å². The summed E-state index contributed by atoms with van der Waals surface area (Å²) in [7, 11) is 1.64. The lowest BCUT2D eigenvalue weighted by Gasteiger charge is -2.38. The molecule has 4 nitrogen and oxygen atoms in total. The fraction of sp³-hybridized carbons (Fsp3) is 0.409.